The van der Waals surface area contributed by atoms with Crippen LogP contribution in [0.25, 0.3) is 0 Å². The number of halogens is 1. The molecule has 0 spiro atoms. The lowest BCUT2D eigenvalue weighted by Crippen LogP contribution is -2.39. The molecule has 0 saturated heterocycles. The standard InChI is InChI=1S/C19H21ClN2O2S/c1-13(2)12-24-17-10-6-4-8-15(17)18(23)22-19(25)21-11-14-7-3-5-9-16(14)20/h3-10,13H,11-12H2,1-2H3,(H2,21,22,23,25). The highest BCUT2D eigenvalue weighted by Gasteiger charge is 2.14. The van der Waals surface area contributed by atoms with Crippen LogP contribution >= 0.6 is 23.8 Å². The largest absolute Gasteiger partial charge is 0.492 e. The smallest absolute Gasteiger partial charge is 0.261 e. The van der Waals surface area contributed by atoms with E-state index in [-0.39, 0.29) is 11.0 Å². The number of hydrogen-bond acceptors (Lipinski definition) is 3. The van der Waals surface area contributed by atoms with Crippen molar-refractivity contribution in [2.75, 3.05) is 6.61 Å². The second-order valence-corrected chi connectivity index (χ2v) is 6.74. The summed E-state index contributed by atoms with van der Waals surface area (Å²) in [5, 5.41) is 6.55. The molecule has 0 aliphatic rings. The molecule has 0 aliphatic heterocycles. The molecule has 2 N–H and O–H groups in total. The van der Waals surface area contributed by atoms with Gasteiger partial charge in [0, 0.05) is 11.6 Å². The Morgan fingerprint density at radius 3 is 2.56 bits per heavy atom. The first-order valence-corrected chi connectivity index (χ1v) is 8.80. The number of benzene rings is 2. The fourth-order valence-electron chi connectivity index (χ4n) is 2.07. The lowest BCUT2D eigenvalue weighted by Gasteiger charge is -2.14. The van der Waals surface area contributed by atoms with E-state index in [0.29, 0.717) is 35.4 Å². The van der Waals surface area contributed by atoms with Crippen LogP contribution in [0.4, 0.5) is 0 Å². The maximum absolute atomic E-state index is 12.5. The summed E-state index contributed by atoms with van der Waals surface area (Å²) in [4.78, 5) is 12.5. The minimum absolute atomic E-state index is 0.239. The molecule has 4 nitrogen and oxygen atoms in total. The highest BCUT2D eigenvalue weighted by Crippen LogP contribution is 2.18. The third-order valence-corrected chi connectivity index (χ3v) is 3.94. The lowest BCUT2D eigenvalue weighted by atomic mass is 10.2. The first-order chi connectivity index (χ1) is 12.0. The van der Waals surface area contributed by atoms with E-state index in [1.54, 1.807) is 18.2 Å². The molecule has 25 heavy (non-hydrogen) atoms. The number of para-hydroxylation sites is 1. The number of ether oxygens (including phenoxy) is 1. The SMILES string of the molecule is CC(C)COc1ccccc1C(=O)NC(=S)NCc1ccccc1Cl. The zero-order chi connectivity index (χ0) is 18.2. The van der Waals surface area contributed by atoms with E-state index in [1.165, 1.54) is 0 Å². The molecule has 1 amide bonds. The summed E-state index contributed by atoms with van der Waals surface area (Å²) < 4.78 is 5.70. The molecule has 0 bridgehead atoms. The topological polar surface area (TPSA) is 50.4 Å². The van der Waals surface area contributed by atoms with E-state index in [0.717, 1.165) is 5.56 Å². The second kappa shape index (κ2) is 9.39. The van der Waals surface area contributed by atoms with E-state index in [1.807, 2.05) is 30.3 Å². The van der Waals surface area contributed by atoms with Gasteiger partial charge in [0.1, 0.15) is 5.75 Å². The molecule has 132 valence electrons. The number of amides is 1. The molecule has 0 unspecified atom stereocenters. The summed E-state index contributed by atoms with van der Waals surface area (Å²) >= 11 is 11.3. The molecular formula is C19H21ClN2O2S. The quantitative estimate of drug-likeness (QED) is 0.742. The summed E-state index contributed by atoms with van der Waals surface area (Å²) in [5.41, 5.74) is 1.35. The third-order valence-electron chi connectivity index (χ3n) is 3.33. The van der Waals surface area contributed by atoms with Crippen molar-refractivity contribution < 1.29 is 9.53 Å². The molecule has 0 radical (unpaired) electrons. The van der Waals surface area contributed by atoms with Crippen LogP contribution in [0.15, 0.2) is 48.5 Å². The van der Waals surface area contributed by atoms with E-state index in [2.05, 4.69) is 24.5 Å². The molecule has 2 aromatic rings. The van der Waals surface area contributed by atoms with Crippen molar-refractivity contribution in [3.63, 3.8) is 0 Å². The molecule has 0 aliphatic carbocycles. The number of nitrogens with one attached hydrogen (secondary N) is 2. The van der Waals surface area contributed by atoms with Gasteiger partial charge >= 0.3 is 0 Å². The number of rotatable bonds is 6. The Balaban J connectivity index is 1.95. The van der Waals surface area contributed by atoms with Crippen LogP contribution in [0.2, 0.25) is 5.02 Å². The lowest BCUT2D eigenvalue weighted by molar-refractivity contribution is 0.0972. The van der Waals surface area contributed by atoms with Crippen molar-refractivity contribution >= 4 is 34.8 Å². The van der Waals surface area contributed by atoms with Crippen LogP contribution in [0.5, 0.6) is 5.75 Å². The molecular weight excluding hydrogens is 356 g/mol. The van der Waals surface area contributed by atoms with E-state index in [4.69, 9.17) is 28.6 Å². The Morgan fingerprint density at radius 1 is 1.16 bits per heavy atom. The average molecular weight is 377 g/mol. The van der Waals surface area contributed by atoms with Gasteiger partial charge in [0.2, 0.25) is 0 Å². The number of carbonyl (C=O) groups excluding carboxylic acids is 1. The normalized spacial score (nSPS) is 10.4. The van der Waals surface area contributed by atoms with Gasteiger partial charge in [-0.1, -0.05) is 55.8 Å². The minimum Gasteiger partial charge on any atom is -0.492 e. The molecule has 0 atom stereocenters. The monoisotopic (exact) mass is 376 g/mol. The third kappa shape index (κ3) is 6.03. The van der Waals surface area contributed by atoms with Crippen molar-refractivity contribution in [3.8, 4) is 5.75 Å². The first-order valence-electron chi connectivity index (χ1n) is 8.01. The van der Waals surface area contributed by atoms with Crippen LogP contribution in [-0.2, 0) is 6.54 Å². The molecule has 0 aromatic heterocycles. The highest BCUT2D eigenvalue weighted by molar-refractivity contribution is 7.80. The second-order valence-electron chi connectivity index (χ2n) is 5.93. The summed E-state index contributed by atoms with van der Waals surface area (Å²) in [6.07, 6.45) is 0. The molecule has 6 heteroatoms. The predicted octanol–water partition coefficient (Wildman–Crippen LogP) is 4.18. The van der Waals surface area contributed by atoms with Crippen LogP contribution in [0.3, 0.4) is 0 Å². The summed E-state index contributed by atoms with van der Waals surface area (Å²) in [5.74, 6) is 0.605. The van der Waals surface area contributed by atoms with Crippen molar-refractivity contribution in [2.45, 2.75) is 20.4 Å². The van der Waals surface area contributed by atoms with Gasteiger partial charge in [-0.05, 0) is 41.9 Å². The van der Waals surface area contributed by atoms with Gasteiger partial charge < -0.3 is 10.1 Å². The Kier molecular flexibility index (Phi) is 7.22. The highest BCUT2D eigenvalue weighted by atomic mass is 35.5. The fraction of sp³-hybridized carbons (Fsp3) is 0.263. The molecule has 0 heterocycles. The fourth-order valence-corrected chi connectivity index (χ4v) is 2.44. The van der Waals surface area contributed by atoms with Crippen molar-refractivity contribution in [1.82, 2.24) is 10.6 Å². The van der Waals surface area contributed by atoms with Gasteiger partial charge in [-0.25, -0.2) is 0 Å². The van der Waals surface area contributed by atoms with Crippen LogP contribution in [-0.4, -0.2) is 17.6 Å². The van der Waals surface area contributed by atoms with Crippen molar-refractivity contribution in [2.24, 2.45) is 5.92 Å². The van der Waals surface area contributed by atoms with Crippen molar-refractivity contribution in [3.05, 3.63) is 64.7 Å². The van der Waals surface area contributed by atoms with Gasteiger partial charge in [-0.15, -0.1) is 0 Å². The number of hydrogen-bond donors (Lipinski definition) is 2. The maximum atomic E-state index is 12.5. The Hall–Kier alpha value is -2.11. The molecule has 2 rings (SSSR count). The predicted molar refractivity (Wildman–Crippen MR) is 105 cm³/mol. The van der Waals surface area contributed by atoms with Gasteiger partial charge in [0.25, 0.3) is 5.91 Å². The summed E-state index contributed by atoms with van der Waals surface area (Å²) in [6, 6.07) is 14.6. The van der Waals surface area contributed by atoms with E-state index >= 15 is 0 Å². The molecule has 0 saturated carbocycles. The molecule has 2 aromatic carbocycles. The van der Waals surface area contributed by atoms with Crippen LogP contribution in [0, 0.1) is 5.92 Å². The maximum Gasteiger partial charge on any atom is 0.261 e. The van der Waals surface area contributed by atoms with Gasteiger partial charge in [0.15, 0.2) is 5.11 Å². The van der Waals surface area contributed by atoms with Crippen LogP contribution < -0.4 is 15.4 Å². The summed E-state index contributed by atoms with van der Waals surface area (Å²) in [7, 11) is 0. The Bertz CT molecular complexity index is 750. The van der Waals surface area contributed by atoms with E-state index in [9.17, 15) is 4.79 Å². The van der Waals surface area contributed by atoms with Gasteiger partial charge in [0.05, 0.1) is 12.2 Å². The molecule has 0 fully saturated rings. The minimum atomic E-state index is -0.309. The van der Waals surface area contributed by atoms with Crippen molar-refractivity contribution in [1.29, 1.82) is 0 Å². The van der Waals surface area contributed by atoms with E-state index < -0.39 is 0 Å². The van der Waals surface area contributed by atoms with Gasteiger partial charge in [-0.2, -0.15) is 0 Å². The number of carbonyl (C=O) groups is 1. The average Bonchev–Trinajstić information content (AvgIpc) is 2.59. The first kappa shape index (κ1) is 19.2. The summed E-state index contributed by atoms with van der Waals surface area (Å²) in [6.45, 7) is 5.08. The number of thiocarbonyl (C=S) groups is 1. The zero-order valence-corrected chi connectivity index (χ0v) is 15.8. The zero-order valence-electron chi connectivity index (χ0n) is 14.2. The van der Waals surface area contributed by atoms with Gasteiger partial charge in [-0.3, -0.25) is 10.1 Å². The Labute approximate surface area is 158 Å². The Morgan fingerprint density at radius 2 is 1.84 bits per heavy atom. The van der Waals surface area contributed by atoms with Crippen LogP contribution in [0.1, 0.15) is 29.8 Å².